The zero-order chi connectivity index (χ0) is 27.6. The number of carbonyl (C=O) groups is 3. The Morgan fingerprint density at radius 2 is 1.68 bits per heavy atom. The molecule has 0 aromatic heterocycles. The van der Waals surface area contributed by atoms with Gasteiger partial charge in [-0.3, -0.25) is 14.5 Å². The molecule has 196 valence electrons. The van der Waals surface area contributed by atoms with Crippen LogP contribution in [-0.2, 0) is 14.3 Å². The summed E-state index contributed by atoms with van der Waals surface area (Å²) in [6.07, 6.45) is 0. The van der Waals surface area contributed by atoms with Gasteiger partial charge in [0.1, 0.15) is 23.0 Å². The molecule has 1 aliphatic heterocycles. The molecule has 0 aliphatic carbocycles. The van der Waals surface area contributed by atoms with Gasteiger partial charge in [0.15, 0.2) is 0 Å². The van der Waals surface area contributed by atoms with Crippen LogP contribution in [0.3, 0.4) is 0 Å². The van der Waals surface area contributed by atoms with Crippen LogP contribution in [-0.4, -0.2) is 48.7 Å². The molecule has 9 nitrogen and oxygen atoms in total. The molecule has 0 radical (unpaired) electrons. The average molecular weight is 538 g/mol. The number of halogens is 1. The average Bonchev–Trinajstić information content (AvgIpc) is 3.18. The number of rotatable bonds is 7. The van der Waals surface area contributed by atoms with Crippen molar-refractivity contribution in [2.45, 2.75) is 13.0 Å². The molecule has 1 unspecified atom stereocenters. The fourth-order valence-electron chi connectivity index (χ4n) is 4.26. The van der Waals surface area contributed by atoms with Crippen LogP contribution in [0.2, 0.25) is 5.02 Å². The molecule has 0 bridgehead atoms. The molecular weight excluding hydrogens is 514 g/mol. The van der Waals surface area contributed by atoms with Gasteiger partial charge in [0.2, 0.25) is 0 Å². The number of ether oxygens (including phenoxy) is 3. The van der Waals surface area contributed by atoms with Gasteiger partial charge in [-0.2, -0.15) is 0 Å². The van der Waals surface area contributed by atoms with Crippen LogP contribution in [0, 0.1) is 0 Å². The van der Waals surface area contributed by atoms with Crippen molar-refractivity contribution in [3.8, 4) is 17.2 Å². The smallest absolute Gasteiger partial charge is 0.338 e. The first-order valence-corrected chi connectivity index (χ1v) is 11.9. The van der Waals surface area contributed by atoms with Gasteiger partial charge in [-0.05, 0) is 48.9 Å². The number of esters is 1. The van der Waals surface area contributed by atoms with Gasteiger partial charge in [0.05, 0.1) is 48.6 Å². The van der Waals surface area contributed by atoms with Crippen molar-refractivity contribution in [3.05, 3.63) is 87.9 Å². The first-order valence-electron chi connectivity index (χ1n) is 11.5. The molecule has 10 heteroatoms. The number of Topliss-reactive ketones (excluding diaryl/α,β-unsaturated/α-hetero) is 1. The number of amides is 1. The van der Waals surface area contributed by atoms with E-state index in [1.165, 1.54) is 67.7 Å². The number of hydrogen-bond donors (Lipinski definition) is 2. The SMILES string of the molecule is CCOC(=O)c1cccc(N2C(=O)C(=O)/C(=C(/O)c3cc(OC)c(Cl)cc3OC)C2c2ccc(O)cc2)c1. The first kappa shape index (κ1) is 26.6. The van der Waals surface area contributed by atoms with E-state index in [9.17, 15) is 24.6 Å². The van der Waals surface area contributed by atoms with Gasteiger partial charge in [0.25, 0.3) is 11.7 Å². The van der Waals surface area contributed by atoms with Crippen LogP contribution in [0.4, 0.5) is 5.69 Å². The molecule has 1 amide bonds. The Balaban J connectivity index is 1.96. The van der Waals surface area contributed by atoms with Gasteiger partial charge in [-0.25, -0.2) is 4.79 Å². The van der Waals surface area contributed by atoms with Gasteiger partial charge in [-0.1, -0.05) is 29.8 Å². The number of methoxy groups -OCH3 is 2. The lowest BCUT2D eigenvalue weighted by Gasteiger charge is -2.26. The molecule has 1 fully saturated rings. The molecule has 2 N–H and O–H groups in total. The van der Waals surface area contributed by atoms with E-state index in [-0.39, 0.29) is 51.3 Å². The van der Waals surface area contributed by atoms with E-state index < -0.39 is 29.5 Å². The quantitative estimate of drug-likeness (QED) is 0.189. The molecule has 3 aromatic rings. The largest absolute Gasteiger partial charge is 0.508 e. The maximum atomic E-state index is 13.4. The van der Waals surface area contributed by atoms with Crippen LogP contribution in [0.5, 0.6) is 17.2 Å². The summed E-state index contributed by atoms with van der Waals surface area (Å²) >= 11 is 6.21. The summed E-state index contributed by atoms with van der Waals surface area (Å²) in [6.45, 7) is 1.83. The fraction of sp³-hybridized carbons (Fsp3) is 0.179. The lowest BCUT2D eigenvalue weighted by Crippen LogP contribution is -2.29. The van der Waals surface area contributed by atoms with E-state index in [2.05, 4.69) is 0 Å². The van der Waals surface area contributed by atoms with Crippen molar-refractivity contribution in [1.29, 1.82) is 0 Å². The number of aliphatic hydroxyl groups is 1. The molecule has 3 aromatic carbocycles. The predicted octanol–water partition coefficient (Wildman–Crippen LogP) is 4.87. The standard InChI is InChI=1S/C28H24ClNO8/c1-4-38-28(35)16-6-5-7-17(12-16)30-24(15-8-10-18(31)11-9-15)23(26(33)27(30)34)25(32)19-13-22(37-3)20(29)14-21(19)36-2/h5-14,24,31-32H,4H2,1-3H3/b25-23+. The molecule has 38 heavy (non-hydrogen) atoms. The highest BCUT2D eigenvalue weighted by Crippen LogP contribution is 2.45. The van der Waals surface area contributed by atoms with Crippen LogP contribution >= 0.6 is 11.6 Å². The van der Waals surface area contributed by atoms with Gasteiger partial charge < -0.3 is 24.4 Å². The number of phenols is 1. The Labute approximate surface area is 223 Å². The van der Waals surface area contributed by atoms with E-state index in [0.717, 1.165) is 0 Å². The number of ketones is 1. The minimum Gasteiger partial charge on any atom is -0.508 e. The molecule has 1 atom stereocenters. The Morgan fingerprint density at radius 3 is 2.32 bits per heavy atom. The number of aromatic hydroxyl groups is 1. The monoisotopic (exact) mass is 537 g/mol. The number of hydrogen-bond acceptors (Lipinski definition) is 8. The summed E-state index contributed by atoms with van der Waals surface area (Å²) in [5.74, 6) is -2.66. The normalized spacial score (nSPS) is 16.4. The second kappa shape index (κ2) is 10.9. The van der Waals surface area contributed by atoms with E-state index in [0.29, 0.717) is 5.56 Å². The zero-order valence-electron chi connectivity index (χ0n) is 20.7. The molecule has 0 spiro atoms. The number of nitrogens with zero attached hydrogens (tertiary/aromatic N) is 1. The van der Waals surface area contributed by atoms with Crippen molar-refractivity contribution in [1.82, 2.24) is 0 Å². The number of carbonyl (C=O) groups excluding carboxylic acids is 3. The topological polar surface area (TPSA) is 123 Å². The molecule has 0 saturated carbocycles. The van der Waals surface area contributed by atoms with E-state index in [1.54, 1.807) is 19.1 Å². The van der Waals surface area contributed by atoms with Crippen molar-refractivity contribution in [2.75, 3.05) is 25.7 Å². The summed E-state index contributed by atoms with van der Waals surface area (Å²) in [5.41, 5.74) is 0.681. The van der Waals surface area contributed by atoms with Crippen molar-refractivity contribution < 1.29 is 38.8 Å². The highest BCUT2D eigenvalue weighted by molar-refractivity contribution is 6.51. The Kier molecular flexibility index (Phi) is 7.59. The van der Waals surface area contributed by atoms with E-state index >= 15 is 0 Å². The number of benzene rings is 3. The van der Waals surface area contributed by atoms with Crippen LogP contribution < -0.4 is 14.4 Å². The minimum absolute atomic E-state index is 0.0286. The lowest BCUT2D eigenvalue weighted by molar-refractivity contribution is -0.132. The fourth-order valence-corrected chi connectivity index (χ4v) is 4.49. The van der Waals surface area contributed by atoms with Crippen molar-refractivity contribution in [2.24, 2.45) is 0 Å². The van der Waals surface area contributed by atoms with Crippen LogP contribution in [0.1, 0.15) is 34.5 Å². The second-order valence-electron chi connectivity index (χ2n) is 8.22. The summed E-state index contributed by atoms with van der Waals surface area (Å²) in [5, 5.41) is 21.5. The zero-order valence-corrected chi connectivity index (χ0v) is 21.5. The van der Waals surface area contributed by atoms with Gasteiger partial charge >= 0.3 is 5.97 Å². The summed E-state index contributed by atoms with van der Waals surface area (Å²) in [6, 6.07) is 13.6. The molecule has 4 rings (SSSR count). The Bertz CT molecular complexity index is 1450. The summed E-state index contributed by atoms with van der Waals surface area (Å²) < 4.78 is 15.7. The third kappa shape index (κ3) is 4.76. The number of aliphatic hydroxyl groups excluding tert-OH is 1. The number of anilines is 1. The third-order valence-electron chi connectivity index (χ3n) is 6.02. The maximum absolute atomic E-state index is 13.4. The Morgan fingerprint density at radius 1 is 1.00 bits per heavy atom. The minimum atomic E-state index is -1.11. The third-order valence-corrected chi connectivity index (χ3v) is 6.31. The van der Waals surface area contributed by atoms with Gasteiger partial charge in [-0.15, -0.1) is 0 Å². The molecule has 1 aliphatic rings. The highest BCUT2D eigenvalue weighted by Gasteiger charge is 2.47. The van der Waals surface area contributed by atoms with E-state index in [4.69, 9.17) is 25.8 Å². The summed E-state index contributed by atoms with van der Waals surface area (Å²) in [7, 11) is 2.76. The molecular formula is C28H24ClNO8. The molecule has 1 saturated heterocycles. The maximum Gasteiger partial charge on any atom is 0.338 e. The van der Waals surface area contributed by atoms with Crippen LogP contribution in [0.15, 0.2) is 66.2 Å². The van der Waals surface area contributed by atoms with Crippen LogP contribution in [0.25, 0.3) is 5.76 Å². The van der Waals surface area contributed by atoms with Crippen molar-refractivity contribution >= 4 is 40.7 Å². The number of phenolic OH excluding ortho intramolecular Hbond substituents is 1. The predicted molar refractivity (Wildman–Crippen MR) is 140 cm³/mol. The Hall–Kier alpha value is -4.50. The highest BCUT2D eigenvalue weighted by atomic mass is 35.5. The van der Waals surface area contributed by atoms with Crippen molar-refractivity contribution in [3.63, 3.8) is 0 Å². The van der Waals surface area contributed by atoms with E-state index in [1.807, 2.05) is 0 Å². The lowest BCUT2D eigenvalue weighted by atomic mass is 9.94. The molecule has 1 heterocycles. The van der Waals surface area contributed by atoms with Gasteiger partial charge in [0, 0.05) is 11.8 Å². The second-order valence-corrected chi connectivity index (χ2v) is 8.63. The summed E-state index contributed by atoms with van der Waals surface area (Å²) in [4.78, 5) is 40.4. The first-order chi connectivity index (χ1) is 18.2.